The van der Waals surface area contributed by atoms with Gasteiger partial charge in [0.1, 0.15) is 11.7 Å². The van der Waals surface area contributed by atoms with Gasteiger partial charge in [0.15, 0.2) is 0 Å². The van der Waals surface area contributed by atoms with E-state index in [1.807, 2.05) is 22.8 Å². The van der Waals surface area contributed by atoms with Crippen LogP contribution in [0, 0.1) is 17.0 Å². The van der Waals surface area contributed by atoms with Gasteiger partial charge in [-0.05, 0) is 25.5 Å². The Bertz CT molecular complexity index is 553. The van der Waals surface area contributed by atoms with Crippen molar-refractivity contribution in [2.75, 3.05) is 31.1 Å². The summed E-state index contributed by atoms with van der Waals surface area (Å²) >= 11 is 0. The van der Waals surface area contributed by atoms with Gasteiger partial charge in [-0.25, -0.2) is 0 Å². The third kappa shape index (κ3) is 3.30. The van der Waals surface area contributed by atoms with Crippen molar-refractivity contribution >= 4 is 17.3 Å². The molecule has 1 aromatic carbocycles. The molecule has 21 heavy (non-hydrogen) atoms. The number of carbonyl (C=O) groups is 1. The Hall–Kier alpha value is -2.15. The van der Waals surface area contributed by atoms with Crippen LogP contribution in [0.4, 0.5) is 11.4 Å². The van der Waals surface area contributed by atoms with Crippen molar-refractivity contribution < 1.29 is 14.8 Å². The Morgan fingerprint density at radius 1 is 1.33 bits per heavy atom. The number of carboxylic acids is 1. The molecular weight excluding hydrogens is 274 g/mol. The first-order valence-electron chi connectivity index (χ1n) is 6.87. The fourth-order valence-electron chi connectivity index (χ4n) is 2.55. The molecule has 1 saturated heterocycles. The van der Waals surface area contributed by atoms with Crippen molar-refractivity contribution in [3.8, 4) is 0 Å². The summed E-state index contributed by atoms with van der Waals surface area (Å²) in [4.78, 5) is 25.6. The molecule has 114 valence electrons. The maximum Gasteiger partial charge on any atom is 0.320 e. The molecule has 0 spiro atoms. The number of nitrogens with zero attached hydrogens (tertiary/aromatic N) is 3. The van der Waals surface area contributed by atoms with Gasteiger partial charge in [-0.15, -0.1) is 0 Å². The van der Waals surface area contributed by atoms with E-state index in [0.29, 0.717) is 31.9 Å². The Labute approximate surface area is 122 Å². The second-order valence-corrected chi connectivity index (χ2v) is 5.29. The van der Waals surface area contributed by atoms with Crippen molar-refractivity contribution in [2.24, 2.45) is 0 Å². The average Bonchev–Trinajstić information content (AvgIpc) is 2.46. The molecule has 1 aliphatic heterocycles. The van der Waals surface area contributed by atoms with E-state index in [4.69, 9.17) is 5.11 Å². The topological polar surface area (TPSA) is 86.9 Å². The summed E-state index contributed by atoms with van der Waals surface area (Å²) in [5, 5.41) is 20.2. The fraction of sp³-hybridized carbons (Fsp3) is 0.500. The molecule has 1 N–H and O–H groups in total. The Morgan fingerprint density at radius 2 is 1.95 bits per heavy atom. The van der Waals surface area contributed by atoms with Gasteiger partial charge in [0, 0.05) is 32.2 Å². The second kappa shape index (κ2) is 6.09. The number of aryl methyl sites for hydroxylation is 1. The number of nitro benzene ring substituents is 1. The van der Waals surface area contributed by atoms with E-state index < -0.39 is 12.0 Å². The first-order chi connectivity index (χ1) is 9.90. The lowest BCUT2D eigenvalue weighted by Crippen LogP contribution is -2.51. The molecule has 7 heteroatoms. The number of piperazine rings is 1. The lowest BCUT2D eigenvalue weighted by molar-refractivity contribution is -0.384. The number of benzene rings is 1. The van der Waals surface area contributed by atoms with Crippen LogP contribution < -0.4 is 4.90 Å². The Morgan fingerprint density at radius 3 is 2.48 bits per heavy atom. The van der Waals surface area contributed by atoms with Crippen molar-refractivity contribution in [3.05, 3.63) is 33.9 Å². The number of hydrogen-bond acceptors (Lipinski definition) is 5. The minimum Gasteiger partial charge on any atom is -0.480 e. The second-order valence-electron chi connectivity index (χ2n) is 5.29. The van der Waals surface area contributed by atoms with Gasteiger partial charge >= 0.3 is 5.97 Å². The minimum absolute atomic E-state index is 0.106. The molecule has 1 atom stereocenters. The van der Waals surface area contributed by atoms with Crippen LogP contribution >= 0.6 is 0 Å². The highest BCUT2D eigenvalue weighted by molar-refractivity contribution is 5.73. The molecule has 2 rings (SSSR count). The number of carboxylic acid groups (broad SMARTS) is 1. The largest absolute Gasteiger partial charge is 0.480 e. The highest BCUT2D eigenvalue weighted by Gasteiger charge is 2.27. The molecule has 0 saturated carbocycles. The summed E-state index contributed by atoms with van der Waals surface area (Å²) in [7, 11) is 0. The quantitative estimate of drug-likeness (QED) is 0.668. The molecule has 1 heterocycles. The van der Waals surface area contributed by atoms with Crippen molar-refractivity contribution in [1.82, 2.24) is 4.90 Å². The number of aliphatic carboxylic acids is 1. The van der Waals surface area contributed by atoms with Crippen LogP contribution in [0.15, 0.2) is 18.2 Å². The summed E-state index contributed by atoms with van der Waals surface area (Å²) in [5.74, 6) is -0.843. The van der Waals surface area contributed by atoms with Crippen LogP contribution in [0.2, 0.25) is 0 Å². The average molecular weight is 293 g/mol. The first-order valence-corrected chi connectivity index (χ1v) is 6.87. The molecule has 1 aliphatic rings. The van der Waals surface area contributed by atoms with Gasteiger partial charge in [-0.3, -0.25) is 19.8 Å². The molecule has 0 aliphatic carbocycles. The Balaban J connectivity index is 2.12. The highest BCUT2D eigenvalue weighted by Crippen LogP contribution is 2.30. The van der Waals surface area contributed by atoms with Crippen LogP contribution in [0.3, 0.4) is 0 Å². The first kappa shape index (κ1) is 15.2. The van der Waals surface area contributed by atoms with Crippen LogP contribution in [0.5, 0.6) is 0 Å². The predicted octanol–water partition coefficient (Wildman–Crippen LogP) is 1.50. The lowest BCUT2D eigenvalue weighted by Gasteiger charge is -2.37. The van der Waals surface area contributed by atoms with E-state index >= 15 is 0 Å². The summed E-state index contributed by atoms with van der Waals surface area (Å²) in [6.45, 7) is 5.82. The number of nitro groups is 1. The van der Waals surface area contributed by atoms with Gasteiger partial charge in [0.05, 0.1) is 4.92 Å². The zero-order valence-corrected chi connectivity index (χ0v) is 12.2. The maximum absolute atomic E-state index is 11.2. The SMILES string of the molecule is Cc1ccc(N2CCN(C(C)C(=O)O)CC2)c([N+](=O)[O-])c1. The third-order valence-corrected chi connectivity index (χ3v) is 3.89. The van der Waals surface area contributed by atoms with Gasteiger partial charge in [-0.2, -0.15) is 0 Å². The summed E-state index contributed by atoms with van der Waals surface area (Å²) < 4.78 is 0. The normalized spacial score (nSPS) is 17.5. The molecule has 0 aromatic heterocycles. The smallest absolute Gasteiger partial charge is 0.320 e. The van der Waals surface area contributed by atoms with Gasteiger partial charge in [0.25, 0.3) is 5.69 Å². The summed E-state index contributed by atoms with van der Waals surface area (Å²) in [6.07, 6.45) is 0. The molecule has 1 fully saturated rings. The van der Waals surface area contributed by atoms with Crippen LogP contribution in [-0.2, 0) is 4.79 Å². The minimum atomic E-state index is -0.843. The van der Waals surface area contributed by atoms with E-state index in [-0.39, 0.29) is 10.6 Å². The molecule has 1 unspecified atom stereocenters. The Kier molecular flexibility index (Phi) is 4.42. The number of hydrogen-bond donors (Lipinski definition) is 1. The third-order valence-electron chi connectivity index (χ3n) is 3.89. The molecular formula is C14H19N3O4. The van der Waals surface area contributed by atoms with E-state index in [1.54, 1.807) is 19.1 Å². The van der Waals surface area contributed by atoms with Crippen molar-refractivity contribution in [2.45, 2.75) is 19.9 Å². The maximum atomic E-state index is 11.2. The monoisotopic (exact) mass is 293 g/mol. The fourth-order valence-corrected chi connectivity index (χ4v) is 2.55. The van der Waals surface area contributed by atoms with Gasteiger partial charge < -0.3 is 10.0 Å². The van der Waals surface area contributed by atoms with Crippen molar-refractivity contribution in [3.63, 3.8) is 0 Å². The van der Waals surface area contributed by atoms with Gasteiger partial charge in [0.2, 0.25) is 0 Å². The summed E-state index contributed by atoms with van der Waals surface area (Å²) in [6, 6.07) is 4.67. The molecule has 0 bridgehead atoms. The predicted molar refractivity (Wildman–Crippen MR) is 78.7 cm³/mol. The van der Waals surface area contributed by atoms with Gasteiger partial charge in [-0.1, -0.05) is 6.07 Å². The van der Waals surface area contributed by atoms with Crippen LogP contribution in [-0.4, -0.2) is 53.1 Å². The molecule has 0 amide bonds. The van der Waals surface area contributed by atoms with Crippen molar-refractivity contribution in [1.29, 1.82) is 0 Å². The number of rotatable bonds is 4. The lowest BCUT2D eigenvalue weighted by atomic mass is 10.1. The molecule has 0 radical (unpaired) electrons. The van der Waals surface area contributed by atoms with Crippen LogP contribution in [0.25, 0.3) is 0 Å². The zero-order chi connectivity index (χ0) is 15.6. The van der Waals surface area contributed by atoms with Crippen LogP contribution in [0.1, 0.15) is 12.5 Å². The van der Waals surface area contributed by atoms with E-state index in [0.717, 1.165) is 5.56 Å². The zero-order valence-electron chi connectivity index (χ0n) is 12.2. The van der Waals surface area contributed by atoms with E-state index in [1.165, 1.54) is 0 Å². The van der Waals surface area contributed by atoms with E-state index in [9.17, 15) is 14.9 Å². The van der Waals surface area contributed by atoms with E-state index in [2.05, 4.69) is 0 Å². The molecule has 1 aromatic rings. The standard InChI is InChI=1S/C14H19N3O4/c1-10-3-4-12(13(9-10)17(20)21)16-7-5-15(6-8-16)11(2)14(18)19/h3-4,9,11H,5-8H2,1-2H3,(H,18,19). The summed E-state index contributed by atoms with van der Waals surface area (Å²) in [5.41, 5.74) is 1.56. The number of anilines is 1. The highest BCUT2D eigenvalue weighted by atomic mass is 16.6. The molecule has 7 nitrogen and oxygen atoms in total.